The van der Waals surface area contributed by atoms with Crippen LogP contribution in [0.25, 0.3) is 0 Å². The number of aromatic nitrogens is 2. The predicted molar refractivity (Wildman–Crippen MR) is 84.0 cm³/mol. The van der Waals surface area contributed by atoms with Crippen LogP contribution < -0.4 is 10.2 Å². The molecule has 1 aromatic heterocycles. The molecule has 0 spiro atoms. The van der Waals surface area contributed by atoms with Gasteiger partial charge in [-0.05, 0) is 12.8 Å². The number of ether oxygens (including phenoxy) is 1. The summed E-state index contributed by atoms with van der Waals surface area (Å²) in [6, 6.07) is 2.08. The van der Waals surface area contributed by atoms with Gasteiger partial charge in [-0.3, -0.25) is 4.79 Å². The summed E-state index contributed by atoms with van der Waals surface area (Å²) in [5.41, 5.74) is 0.459. The molecule has 1 saturated heterocycles. The molecule has 0 atom stereocenters. The van der Waals surface area contributed by atoms with Gasteiger partial charge in [-0.25, -0.2) is 9.97 Å². The van der Waals surface area contributed by atoms with E-state index >= 15 is 0 Å². The van der Waals surface area contributed by atoms with Crippen LogP contribution in [0.15, 0.2) is 12.4 Å². The molecule has 1 saturated carbocycles. The maximum Gasteiger partial charge on any atom is 0.270 e. The molecule has 0 aromatic carbocycles. The summed E-state index contributed by atoms with van der Waals surface area (Å²) < 4.78 is 5.35. The third-order valence-corrected chi connectivity index (χ3v) is 4.41. The molecular weight excluding hydrogens is 280 g/mol. The fourth-order valence-electron chi connectivity index (χ4n) is 3.12. The number of amides is 1. The largest absolute Gasteiger partial charge is 0.378 e. The van der Waals surface area contributed by atoms with Crippen LogP contribution in [0.3, 0.4) is 0 Å². The van der Waals surface area contributed by atoms with E-state index in [0.717, 1.165) is 31.7 Å². The van der Waals surface area contributed by atoms with Crippen molar-refractivity contribution in [1.29, 1.82) is 0 Å². The monoisotopic (exact) mass is 304 g/mol. The molecule has 6 heteroatoms. The minimum atomic E-state index is -0.0798. The van der Waals surface area contributed by atoms with Crippen LogP contribution in [0.5, 0.6) is 0 Å². The fraction of sp³-hybridized carbons (Fsp3) is 0.688. The highest BCUT2D eigenvalue weighted by atomic mass is 16.5. The van der Waals surface area contributed by atoms with E-state index in [-0.39, 0.29) is 11.9 Å². The van der Waals surface area contributed by atoms with Gasteiger partial charge in [-0.2, -0.15) is 0 Å². The molecule has 1 aliphatic heterocycles. The van der Waals surface area contributed by atoms with Gasteiger partial charge in [0.1, 0.15) is 17.8 Å². The number of morpholine rings is 1. The summed E-state index contributed by atoms with van der Waals surface area (Å²) in [7, 11) is 0. The third kappa shape index (κ3) is 3.94. The highest BCUT2D eigenvalue weighted by Gasteiger charge is 2.18. The normalized spacial score (nSPS) is 20.5. The molecule has 120 valence electrons. The first-order chi connectivity index (χ1) is 10.8. The molecule has 2 heterocycles. The number of anilines is 1. The highest BCUT2D eigenvalue weighted by Crippen LogP contribution is 2.18. The van der Waals surface area contributed by atoms with E-state index in [9.17, 15) is 4.79 Å². The van der Waals surface area contributed by atoms with E-state index in [4.69, 9.17) is 4.74 Å². The van der Waals surface area contributed by atoms with E-state index in [1.165, 1.54) is 32.0 Å². The van der Waals surface area contributed by atoms with E-state index in [0.29, 0.717) is 18.9 Å². The molecule has 2 aliphatic rings. The van der Waals surface area contributed by atoms with Crippen LogP contribution in [0.4, 0.5) is 5.82 Å². The zero-order valence-electron chi connectivity index (χ0n) is 13.0. The Kier molecular flexibility index (Phi) is 5.21. The highest BCUT2D eigenvalue weighted by molar-refractivity contribution is 5.93. The van der Waals surface area contributed by atoms with Crippen molar-refractivity contribution in [2.75, 3.05) is 31.2 Å². The molecule has 0 bridgehead atoms. The summed E-state index contributed by atoms with van der Waals surface area (Å²) in [5, 5.41) is 3.13. The molecule has 22 heavy (non-hydrogen) atoms. The first-order valence-corrected chi connectivity index (χ1v) is 8.28. The summed E-state index contributed by atoms with van der Waals surface area (Å²) in [4.78, 5) is 23.0. The van der Waals surface area contributed by atoms with Gasteiger partial charge in [0, 0.05) is 25.2 Å². The van der Waals surface area contributed by atoms with Crippen LogP contribution in [-0.2, 0) is 4.74 Å². The SMILES string of the molecule is O=C(NC1CCCCCC1)c1cc(N2CCOCC2)ncn1. The van der Waals surface area contributed by atoms with Gasteiger partial charge in [-0.15, -0.1) is 0 Å². The van der Waals surface area contributed by atoms with E-state index < -0.39 is 0 Å². The number of rotatable bonds is 3. The average molecular weight is 304 g/mol. The smallest absolute Gasteiger partial charge is 0.270 e. The fourth-order valence-corrected chi connectivity index (χ4v) is 3.12. The number of nitrogens with one attached hydrogen (secondary N) is 1. The number of nitrogens with zero attached hydrogens (tertiary/aromatic N) is 3. The quantitative estimate of drug-likeness (QED) is 0.862. The molecule has 3 rings (SSSR count). The van der Waals surface area contributed by atoms with Crippen LogP contribution in [0, 0.1) is 0 Å². The number of carbonyl (C=O) groups is 1. The predicted octanol–water partition coefficient (Wildman–Crippen LogP) is 1.77. The van der Waals surface area contributed by atoms with Crippen LogP contribution >= 0.6 is 0 Å². The van der Waals surface area contributed by atoms with Gasteiger partial charge in [0.2, 0.25) is 0 Å². The Hall–Kier alpha value is -1.69. The van der Waals surface area contributed by atoms with Crippen LogP contribution in [0.1, 0.15) is 49.0 Å². The van der Waals surface area contributed by atoms with Crippen molar-refractivity contribution in [3.63, 3.8) is 0 Å². The lowest BCUT2D eigenvalue weighted by molar-refractivity contribution is 0.0928. The van der Waals surface area contributed by atoms with Gasteiger partial charge in [0.05, 0.1) is 13.2 Å². The summed E-state index contributed by atoms with van der Waals surface area (Å²) in [6.07, 6.45) is 8.59. The number of hydrogen-bond acceptors (Lipinski definition) is 5. The van der Waals surface area contributed by atoms with Crippen LogP contribution in [-0.4, -0.2) is 48.2 Å². The van der Waals surface area contributed by atoms with Crippen molar-refractivity contribution < 1.29 is 9.53 Å². The zero-order valence-corrected chi connectivity index (χ0v) is 13.0. The van der Waals surface area contributed by atoms with Crippen molar-refractivity contribution in [2.45, 2.75) is 44.6 Å². The second kappa shape index (κ2) is 7.54. The third-order valence-electron chi connectivity index (χ3n) is 4.41. The van der Waals surface area contributed by atoms with Crippen molar-refractivity contribution in [1.82, 2.24) is 15.3 Å². The summed E-state index contributed by atoms with van der Waals surface area (Å²) in [5.74, 6) is 0.730. The van der Waals surface area contributed by atoms with Crippen molar-refractivity contribution in [3.05, 3.63) is 18.1 Å². The van der Waals surface area contributed by atoms with Crippen molar-refractivity contribution in [3.8, 4) is 0 Å². The first kappa shape index (κ1) is 15.2. The Morgan fingerprint density at radius 1 is 1.14 bits per heavy atom. The molecule has 0 radical (unpaired) electrons. The second-order valence-corrected chi connectivity index (χ2v) is 6.02. The topological polar surface area (TPSA) is 67.4 Å². The molecule has 6 nitrogen and oxygen atoms in total. The minimum Gasteiger partial charge on any atom is -0.378 e. The Morgan fingerprint density at radius 2 is 1.86 bits per heavy atom. The zero-order chi connectivity index (χ0) is 15.2. The van der Waals surface area contributed by atoms with E-state index in [1.807, 2.05) is 0 Å². The van der Waals surface area contributed by atoms with Crippen molar-refractivity contribution in [2.24, 2.45) is 0 Å². The molecule has 1 amide bonds. The second-order valence-electron chi connectivity index (χ2n) is 6.02. The molecule has 0 unspecified atom stereocenters. The Labute approximate surface area is 131 Å². The van der Waals surface area contributed by atoms with Crippen molar-refractivity contribution >= 4 is 11.7 Å². The molecule has 1 aliphatic carbocycles. The first-order valence-electron chi connectivity index (χ1n) is 8.28. The number of hydrogen-bond donors (Lipinski definition) is 1. The summed E-state index contributed by atoms with van der Waals surface area (Å²) in [6.45, 7) is 3.02. The molecule has 2 fully saturated rings. The standard InChI is InChI=1S/C16H24N4O2/c21-16(19-13-5-3-1-2-4-6-13)14-11-15(18-12-17-14)20-7-9-22-10-8-20/h11-13H,1-10H2,(H,19,21). The Morgan fingerprint density at radius 3 is 2.59 bits per heavy atom. The minimum absolute atomic E-state index is 0.0798. The lowest BCUT2D eigenvalue weighted by Gasteiger charge is -2.27. The van der Waals surface area contributed by atoms with Gasteiger partial charge in [0.15, 0.2) is 0 Å². The number of carbonyl (C=O) groups excluding carboxylic acids is 1. The molecular formula is C16H24N4O2. The Balaban J connectivity index is 1.64. The van der Waals surface area contributed by atoms with Gasteiger partial charge in [0.25, 0.3) is 5.91 Å². The van der Waals surface area contributed by atoms with E-state index in [1.54, 1.807) is 6.07 Å². The summed E-state index contributed by atoms with van der Waals surface area (Å²) >= 11 is 0. The Bertz CT molecular complexity index is 495. The maximum absolute atomic E-state index is 12.4. The van der Waals surface area contributed by atoms with Gasteiger partial charge < -0.3 is 15.0 Å². The van der Waals surface area contributed by atoms with Crippen LogP contribution in [0.2, 0.25) is 0 Å². The van der Waals surface area contributed by atoms with E-state index in [2.05, 4.69) is 20.2 Å². The van der Waals surface area contributed by atoms with Gasteiger partial charge in [-0.1, -0.05) is 25.7 Å². The molecule has 1 N–H and O–H groups in total. The lowest BCUT2D eigenvalue weighted by Crippen LogP contribution is -2.37. The lowest BCUT2D eigenvalue weighted by atomic mass is 10.1. The maximum atomic E-state index is 12.4. The molecule has 1 aromatic rings. The van der Waals surface area contributed by atoms with Gasteiger partial charge >= 0.3 is 0 Å². The average Bonchev–Trinajstić information content (AvgIpc) is 2.84.